The first-order chi connectivity index (χ1) is 14.7. The number of carbonyl (C=O) groups is 2. The first-order valence-corrected chi connectivity index (χ1v) is 12.8. The molecule has 0 aromatic rings. The van der Waals surface area contributed by atoms with Crippen molar-refractivity contribution in [1.82, 2.24) is 20.0 Å². The Bertz CT molecular complexity index is 558. The molecule has 2 saturated heterocycles. The van der Waals surface area contributed by atoms with Crippen LogP contribution in [0.3, 0.4) is 0 Å². The second-order valence-corrected chi connectivity index (χ2v) is 10.0. The van der Waals surface area contributed by atoms with E-state index in [1.165, 1.54) is 70.9 Å². The summed E-state index contributed by atoms with van der Waals surface area (Å²) in [6.07, 6.45) is 13.3. The molecule has 4 aliphatic rings. The predicted octanol–water partition coefficient (Wildman–Crippen LogP) is 2.48. The average molecular weight is 419 g/mol. The van der Waals surface area contributed by atoms with E-state index in [0.717, 1.165) is 52.1 Å². The summed E-state index contributed by atoms with van der Waals surface area (Å²) in [5.74, 6) is 1.35. The van der Waals surface area contributed by atoms with Crippen LogP contribution in [0.5, 0.6) is 0 Å². The fourth-order valence-electron chi connectivity index (χ4n) is 6.23. The Morgan fingerprint density at radius 2 is 1.40 bits per heavy atom. The molecule has 6 heteroatoms. The highest BCUT2D eigenvalue weighted by atomic mass is 16.2. The number of nitrogens with zero attached hydrogens (tertiary/aromatic N) is 3. The average Bonchev–Trinajstić information content (AvgIpc) is 3.49. The highest BCUT2D eigenvalue weighted by Gasteiger charge is 2.38. The fourth-order valence-corrected chi connectivity index (χ4v) is 6.23. The number of piperidine rings is 1. The van der Waals surface area contributed by atoms with Gasteiger partial charge in [-0.1, -0.05) is 32.1 Å². The van der Waals surface area contributed by atoms with E-state index in [2.05, 4.69) is 20.0 Å². The van der Waals surface area contributed by atoms with E-state index >= 15 is 0 Å². The normalized spacial score (nSPS) is 26.2. The molecule has 1 unspecified atom stereocenters. The van der Waals surface area contributed by atoms with Gasteiger partial charge in [0.1, 0.15) is 0 Å². The molecule has 0 radical (unpaired) electrons. The lowest BCUT2D eigenvalue weighted by Gasteiger charge is -2.41. The molecule has 0 spiro atoms. The third-order valence-electron chi connectivity index (χ3n) is 8.01. The maximum Gasteiger partial charge on any atom is 0.237 e. The summed E-state index contributed by atoms with van der Waals surface area (Å²) in [6, 6.07) is -0.00223. The summed E-state index contributed by atoms with van der Waals surface area (Å²) >= 11 is 0. The molecule has 2 amide bonds. The summed E-state index contributed by atoms with van der Waals surface area (Å²) in [4.78, 5) is 33.0. The van der Waals surface area contributed by atoms with Crippen molar-refractivity contribution < 1.29 is 9.59 Å². The molecule has 0 bridgehead atoms. The number of carbonyl (C=O) groups excluding carboxylic acids is 2. The van der Waals surface area contributed by atoms with Crippen LogP contribution < -0.4 is 5.32 Å². The van der Waals surface area contributed by atoms with Gasteiger partial charge in [-0.15, -0.1) is 0 Å². The van der Waals surface area contributed by atoms with E-state index in [1.54, 1.807) is 0 Å². The van der Waals surface area contributed by atoms with Crippen molar-refractivity contribution in [3.8, 4) is 0 Å². The van der Waals surface area contributed by atoms with Crippen LogP contribution in [0.2, 0.25) is 0 Å². The minimum atomic E-state index is -0.00223. The van der Waals surface area contributed by atoms with Gasteiger partial charge in [0, 0.05) is 45.2 Å². The number of nitrogens with one attached hydrogen (secondary N) is 1. The molecule has 4 fully saturated rings. The molecule has 30 heavy (non-hydrogen) atoms. The Kier molecular flexibility index (Phi) is 8.05. The lowest BCUT2D eigenvalue weighted by atomic mass is 9.94. The summed E-state index contributed by atoms with van der Waals surface area (Å²) in [6.45, 7) is 7.38. The highest BCUT2D eigenvalue weighted by molar-refractivity contribution is 5.82. The Morgan fingerprint density at radius 3 is 2.07 bits per heavy atom. The molecule has 170 valence electrons. The zero-order chi connectivity index (χ0) is 20.8. The van der Waals surface area contributed by atoms with Crippen LogP contribution in [0.4, 0.5) is 0 Å². The second-order valence-electron chi connectivity index (χ2n) is 10.0. The van der Waals surface area contributed by atoms with Crippen LogP contribution in [0.15, 0.2) is 0 Å². The summed E-state index contributed by atoms with van der Waals surface area (Å²) in [5.41, 5.74) is 0. The molecule has 2 heterocycles. The van der Waals surface area contributed by atoms with Crippen molar-refractivity contribution in [2.24, 2.45) is 11.8 Å². The Hall–Kier alpha value is -1.14. The summed E-state index contributed by atoms with van der Waals surface area (Å²) in [7, 11) is 0. The van der Waals surface area contributed by atoms with Gasteiger partial charge in [-0.25, -0.2) is 0 Å². The molecule has 2 aliphatic carbocycles. The van der Waals surface area contributed by atoms with E-state index in [9.17, 15) is 9.59 Å². The molecular formula is C24H42N4O2. The van der Waals surface area contributed by atoms with Gasteiger partial charge in [-0.2, -0.15) is 0 Å². The zero-order valence-corrected chi connectivity index (χ0v) is 18.8. The van der Waals surface area contributed by atoms with Gasteiger partial charge in [-0.3, -0.25) is 14.5 Å². The quantitative estimate of drug-likeness (QED) is 0.690. The number of hydrogen-bond acceptors (Lipinski definition) is 4. The molecule has 6 nitrogen and oxygen atoms in total. The minimum Gasteiger partial charge on any atom is -0.353 e. The van der Waals surface area contributed by atoms with E-state index in [4.69, 9.17) is 0 Å². The fraction of sp³-hybridized carbons (Fsp3) is 0.917. The van der Waals surface area contributed by atoms with Crippen LogP contribution in [0, 0.1) is 11.8 Å². The van der Waals surface area contributed by atoms with Gasteiger partial charge < -0.3 is 15.1 Å². The van der Waals surface area contributed by atoms with Crippen molar-refractivity contribution in [2.75, 3.05) is 52.4 Å². The van der Waals surface area contributed by atoms with Crippen LogP contribution in [0.25, 0.3) is 0 Å². The number of likely N-dealkylation sites (tertiary alicyclic amines) is 1. The topological polar surface area (TPSA) is 55.9 Å². The first-order valence-electron chi connectivity index (χ1n) is 12.8. The third kappa shape index (κ3) is 5.56. The minimum absolute atomic E-state index is 0.00223. The molecule has 2 aliphatic heterocycles. The van der Waals surface area contributed by atoms with E-state index in [-0.39, 0.29) is 17.9 Å². The van der Waals surface area contributed by atoms with Crippen molar-refractivity contribution in [3.05, 3.63) is 0 Å². The SMILES string of the molecule is O=C(NCCN1CCCCC1)C(C1CCCC1)N1CCN(C(=O)C2CCCC2)CC1. The van der Waals surface area contributed by atoms with E-state index in [0.29, 0.717) is 11.8 Å². The van der Waals surface area contributed by atoms with Crippen molar-refractivity contribution in [3.63, 3.8) is 0 Å². The number of rotatable bonds is 7. The third-order valence-corrected chi connectivity index (χ3v) is 8.01. The monoisotopic (exact) mass is 418 g/mol. The number of piperazine rings is 1. The lowest BCUT2D eigenvalue weighted by molar-refractivity contribution is -0.138. The van der Waals surface area contributed by atoms with Crippen LogP contribution >= 0.6 is 0 Å². The smallest absolute Gasteiger partial charge is 0.237 e. The molecular weight excluding hydrogens is 376 g/mol. The summed E-state index contributed by atoms with van der Waals surface area (Å²) < 4.78 is 0. The van der Waals surface area contributed by atoms with Gasteiger partial charge in [-0.05, 0) is 57.5 Å². The lowest BCUT2D eigenvalue weighted by Crippen LogP contribution is -2.58. The molecule has 0 aromatic heterocycles. The standard InChI is InChI=1S/C24H42N4O2/c29-23(25-12-15-26-13-6-1-7-14-26)22(20-8-2-3-9-20)27-16-18-28(19-17-27)24(30)21-10-4-5-11-21/h20-22H,1-19H2,(H,25,29). The Balaban J connectivity index is 1.28. The van der Waals surface area contributed by atoms with Gasteiger partial charge in [0.05, 0.1) is 6.04 Å². The van der Waals surface area contributed by atoms with Crippen molar-refractivity contribution in [1.29, 1.82) is 0 Å². The summed E-state index contributed by atoms with van der Waals surface area (Å²) in [5, 5.41) is 3.28. The first kappa shape index (κ1) is 22.1. The Labute approximate surface area is 182 Å². The second kappa shape index (κ2) is 10.9. The molecule has 4 rings (SSSR count). The van der Waals surface area contributed by atoms with Crippen LogP contribution in [-0.2, 0) is 9.59 Å². The number of hydrogen-bond donors (Lipinski definition) is 1. The van der Waals surface area contributed by atoms with Crippen molar-refractivity contribution in [2.45, 2.75) is 76.7 Å². The largest absolute Gasteiger partial charge is 0.353 e. The highest BCUT2D eigenvalue weighted by Crippen LogP contribution is 2.32. The van der Waals surface area contributed by atoms with E-state index in [1.807, 2.05) is 0 Å². The Morgan fingerprint density at radius 1 is 0.767 bits per heavy atom. The maximum absolute atomic E-state index is 13.2. The van der Waals surface area contributed by atoms with Gasteiger partial charge >= 0.3 is 0 Å². The maximum atomic E-state index is 13.2. The molecule has 1 N–H and O–H groups in total. The zero-order valence-electron chi connectivity index (χ0n) is 18.8. The van der Waals surface area contributed by atoms with Crippen LogP contribution in [0.1, 0.15) is 70.6 Å². The van der Waals surface area contributed by atoms with Gasteiger partial charge in [0.15, 0.2) is 0 Å². The van der Waals surface area contributed by atoms with Crippen LogP contribution in [-0.4, -0.2) is 84.9 Å². The van der Waals surface area contributed by atoms with E-state index < -0.39 is 0 Å². The predicted molar refractivity (Wildman–Crippen MR) is 119 cm³/mol. The molecule has 0 aromatic carbocycles. The van der Waals surface area contributed by atoms with Gasteiger partial charge in [0.25, 0.3) is 0 Å². The molecule has 1 atom stereocenters. The number of amides is 2. The van der Waals surface area contributed by atoms with Gasteiger partial charge in [0.2, 0.25) is 11.8 Å². The molecule has 2 saturated carbocycles. The van der Waals surface area contributed by atoms with Crippen molar-refractivity contribution >= 4 is 11.8 Å².